The van der Waals surface area contributed by atoms with Crippen LogP contribution in [0, 0.1) is 5.41 Å². The van der Waals surface area contributed by atoms with Gasteiger partial charge in [0.2, 0.25) is 0 Å². The summed E-state index contributed by atoms with van der Waals surface area (Å²) in [6.45, 7) is 8.26. The molecule has 4 heteroatoms. The van der Waals surface area contributed by atoms with Crippen molar-refractivity contribution < 1.29 is 9.53 Å². The molecule has 0 aromatic heterocycles. The molecule has 1 unspecified atom stereocenters. The van der Waals surface area contributed by atoms with Crippen molar-refractivity contribution in [3.63, 3.8) is 0 Å². The van der Waals surface area contributed by atoms with Gasteiger partial charge in [-0.3, -0.25) is 4.79 Å². The molecule has 20 heavy (non-hydrogen) atoms. The maximum absolute atomic E-state index is 12.5. The van der Waals surface area contributed by atoms with E-state index in [2.05, 4.69) is 13.8 Å². The van der Waals surface area contributed by atoms with Crippen molar-refractivity contribution >= 4 is 5.91 Å². The number of nitrogens with two attached hydrogens (primary N) is 1. The van der Waals surface area contributed by atoms with Gasteiger partial charge in [0, 0.05) is 24.7 Å². The summed E-state index contributed by atoms with van der Waals surface area (Å²) in [5, 5.41) is 0. The number of benzene rings is 1. The lowest BCUT2D eigenvalue weighted by molar-refractivity contribution is 0.0533. The molecular weight excluding hydrogens is 252 g/mol. The van der Waals surface area contributed by atoms with Crippen molar-refractivity contribution in [2.24, 2.45) is 11.1 Å². The third-order valence-electron chi connectivity index (χ3n) is 4.01. The predicted molar refractivity (Wildman–Crippen MR) is 79.9 cm³/mol. The van der Waals surface area contributed by atoms with Crippen LogP contribution in [-0.4, -0.2) is 36.5 Å². The predicted octanol–water partition coefficient (Wildman–Crippen LogP) is 2.28. The third kappa shape index (κ3) is 3.12. The minimum absolute atomic E-state index is 0.0286. The van der Waals surface area contributed by atoms with Crippen molar-refractivity contribution in [3.8, 4) is 5.75 Å². The molecule has 1 aliphatic rings. The van der Waals surface area contributed by atoms with Crippen molar-refractivity contribution in [1.82, 2.24) is 4.90 Å². The van der Waals surface area contributed by atoms with Crippen molar-refractivity contribution in [2.45, 2.75) is 33.2 Å². The Kier molecular flexibility index (Phi) is 4.33. The highest BCUT2D eigenvalue weighted by Crippen LogP contribution is 2.28. The SMILES string of the molecule is CCOc1ccc(C(=O)N2CCC(N)C(C)(C)C2)cc1. The first-order valence-corrected chi connectivity index (χ1v) is 7.22. The molecule has 1 saturated heterocycles. The molecule has 0 aliphatic carbocycles. The zero-order chi connectivity index (χ0) is 14.8. The van der Waals surface area contributed by atoms with E-state index in [4.69, 9.17) is 10.5 Å². The van der Waals surface area contributed by atoms with Crippen molar-refractivity contribution in [3.05, 3.63) is 29.8 Å². The summed E-state index contributed by atoms with van der Waals surface area (Å²) in [6.07, 6.45) is 0.857. The minimum atomic E-state index is -0.0286. The molecule has 1 amide bonds. The molecule has 0 radical (unpaired) electrons. The molecule has 0 saturated carbocycles. The number of amides is 1. The van der Waals surface area contributed by atoms with Crippen LogP contribution >= 0.6 is 0 Å². The van der Waals surface area contributed by atoms with E-state index in [0.29, 0.717) is 18.7 Å². The molecule has 1 aliphatic heterocycles. The fourth-order valence-corrected chi connectivity index (χ4v) is 2.59. The van der Waals surface area contributed by atoms with Crippen LogP contribution in [0.3, 0.4) is 0 Å². The molecule has 0 bridgehead atoms. The number of carbonyl (C=O) groups is 1. The summed E-state index contributed by atoms with van der Waals surface area (Å²) in [5.41, 5.74) is 6.79. The van der Waals surface area contributed by atoms with E-state index in [1.54, 1.807) is 0 Å². The Morgan fingerprint density at radius 3 is 2.60 bits per heavy atom. The summed E-state index contributed by atoms with van der Waals surface area (Å²) in [4.78, 5) is 14.4. The van der Waals surface area contributed by atoms with Crippen LogP contribution in [0.5, 0.6) is 5.75 Å². The van der Waals surface area contributed by atoms with E-state index in [-0.39, 0.29) is 17.4 Å². The smallest absolute Gasteiger partial charge is 0.253 e. The molecule has 1 heterocycles. The van der Waals surface area contributed by atoms with Crippen molar-refractivity contribution in [1.29, 1.82) is 0 Å². The Labute approximate surface area is 120 Å². The second-order valence-electron chi connectivity index (χ2n) is 6.07. The standard InChI is InChI=1S/C16H24N2O2/c1-4-20-13-7-5-12(6-8-13)15(19)18-10-9-14(17)16(2,3)11-18/h5-8,14H,4,9-11,17H2,1-3H3. The molecule has 2 N–H and O–H groups in total. The van der Waals surface area contributed by atoms with E-state index < -0.39 is 0 Å². The molecule has 1 aromatic carbocycles. The van der Waals surface area contributed by atoms with Gasteiger partial charge in [-0.1, -0.05) is 13.8 Å². The number of nitrogens with zero attached hydrogens (tertiary/aromatic N) is 1. The van der Waals surface area contributed by atoms with Gasteiger partial charge in [0.15, 0.2) is 0 Å². The Hall–Kier alpha value is -1.55. The van der Waals surface area contributed by atoms with Gasteiger partial charge >= 0.3 is 0 Å². The first-order valence-electron chi connectivity index (χ1n) is 7.22. The van der Waals surface area contributed by atoms with Gasteiger partial charge in [0.25, 0.3) is 5.91 Å². The quantitative estimate of drug-likeness (QED) is 0.921. The number of carbonyl (C=O) groups excluding carboxylic acids is 1. The summed E-state index contributed by atoms with van der Waals surface area (Å²) in [5.74, 6) is 0.873. The fraction of sp³-hybridized carbons (Fsp3) is 0.562. The highest BCUT2D eigenvalue weighted by molar-refractivity contribution is 5.94. The van der Waals surface area contributed by atoms with E-state index in [0.717, 1.165) is 18.7 Å². The lowest BCUT2D eigenvalue weighted by Crippen LogP contribution is -2.53. The van der Waals surface area contributed by atoms with Crippen LogP contribution in [-0.2, 0) is 0 Å². The Morgan fingerprint density at radius 1 is 1.40 bits per heavy atom. The van der Waals surface area contributed by atoms with Gasteiger partial charge in [-0.25, -0.2) is 0 Å². The van der Waals surface area contributed by atoms with E-state index in [9.17, 15) is 4.79 Å². The summed E-state index contributed by atoms with van der Waals surface area (Å²) >= 11 is 0. The maximum atomic E-state index is 12.5. The monoisotopic (exact) mass is 276 g/mol. The maximum Gasteiger partial charge on any atom is 0.253 e. The van der Waals surface area contributed by atoms with Crippen LogP contribution in [0.4, 0.5) is 0 Å². The lowest BCUT2D eigenvalue weighted by atomic mass is 9.79. The number of hydrogen-bond acceptors (Lipinski definition) is 3. The summed E-state index contributed by atoms with van der Waals surface area (Å²) < 4.78 is 5.39. The average Bonchev–Trinajstić information content (AvgIpc) is 2.42. The van der Waals surface area contributed by atoms with Gasteiger partial charge in [0.05, 0.1) is 6.61 Å². The average molecular weight is 276 g/mol. The molecule has 4 nitrogen and oxygen atoms in total. The Balaban J connectivity index is 2.07. The minimum Gasteiger partial charge on any atom is -0.494 e. The van der Waals surface area contributed by atoms with Crippen LogP contribution in [0.1, 0.15) is 37.6 Å². The van der Waals surface area contributed by atoms with Gasteiger partial charge in [-0.05, 0) is 43.0 Å². The van der Waals surface area contributed by atoms with Crippen LogP contribution in [0.15, 0.2) is 24.3 Å². The van der Waals surface area contributed by atoms with Gasteiger partial charge in [0.1, 0.15) is 5.75 Å². The first-order chi connectivity index (χ1) is 9.44. The Bertz CT molecular complexity index is 468. The summed E-state index contributed by atoms with van der Waals surface area (Å²) in [7, 11) is 0. The number of piperidine rings is 1. The number of ether oxygens (including phenoxy) is 1. The zero-order valence-electron chi connectivity index (χ0n) is 12.6. The van der Waals surface area contributed by atoms with Gasteiger partial charge in [-0.15, -0.1) is 0 Å². The van der Waals surface area contributed by atoms with Crippen LogP contribution in [0.25, 0.3) is 0 Å². The topological polar surface area (TPSA) is 55.6 Å². The normalized spacial score (nSPS) is 21.6. The van der Waals surface area contributed by atoms with Gasteiger partial charge in [-0.2, -0.15) is 0 Å². The summed E-state index contributed by atoms with van der Waals surface area (Å²) in [6, 6.07) is 7.51. The molecule has 110 valence electrons. The fourth-order valence-electron chi connectivity index (χ4n) is 2.59. The molecule has 2 rings (SSSR count). The Morgan fingerprint density at radius 2 is 2.05 bits per heavy atom. The molecule has 0 spiro atoms. The largest absolute Gasteiger partial charge is 0.494 e. The third-order valence-corrected chi connectivity index (χ3v) is 4.01. The molecular formula is C16H24N2O2. The van der Waals surface area contributed by atoms with E-state index >= 15 is 0 Å². The molecule has 1 fully saturated rings. The number of rotatable bonds is 3. The van der Waals surface area contributed by atoms with Crippen molar-refractivity contribution in [2.75, 3.05) is 19.7 Å². The highest BCUT2D eigenvalue weighted by atomic mass is 16.5. The molecule has 1 aromatic rings. The van der Waals surface area contributed by atoms with Crippen LogP contribution < -0.4 is 10.5 Å². The first kappa shape index (κ1) is 14.9. The van der Waals surface area contributed by atoms with Gasteiger partial charge < -0.3 is 15.4 Å². The molecule has 1 atom stereocenters. The zero-order valence-corrected chi connectivity index (χ0v) is 12.6. The highest BCUT2D eigenvalue weighted by Gasteiger charge is 2.35. The van der Waals surface area contributed by atoms with Crippen LogP contribution in [0.2, 0.25) is 0 Å². The lowest BCUT2D eigenvalue weighted by Gasteiger charge is -2.42. The second-order valence-corrected chi connectivity index (χ2v) is 6.07. The van der Waals surface area contributed by atoms with E-state index in [1.165, 1.54) is 0 Å². The number of likely N-dealkylation sites (tertiary alicyclic amines) is 1. The number of hydrogen-bond donors (Lipinski definition) is 1. The van der Waals surface area contributed by atoms with E-state index in [1.807, 2.05) is 36.1 Å². The second kappa shape index (κ2) is 5.83.